The third-order valence-electron chi connectivity index (χ3n) is 4.89. The molecule has 1 saturated heterocycles. The molecule has 2 heterocycles. The van der Waals surface area contributed by atoms with Crippen molar-refractivity contribution in [2.45, 2.75) is 38.6 Å². The molecule has 0 saturated carbocycles. The maximum Gasteiger partial charge on any atom is 0.248 e. The molecule has 1 amide bonds. The number of hydrogen-bond acceptors (Lipinski definition) is 5. The first-order chi connectivity index (χ1) is 13.6. The Bertz CT molecular complexity index is 813. The molecule has 0 spiro atoms. The minimum Gasteiger partial charge on any atom is -0.384 e. The molecular weight excluding hydrogens is 374 g/mol. The summed E-state index contributed by atoms with van der Waals surface area (Å²) >= 11 is 6.03. The van der Waals surface area contributed by atoms with E-state index in [1.54, 1.807) is 12.1 Å². The number of anilines is 3. The summed E-state index contributed by atoms with van der Waals surface area (Å²) in [5.41, 5.74) is 8.69. The maximum atomic E-state index is 13.0. The Morgan fingerprint density at radius 3 is 3.00 bits per heavy atom. The van der Waals surface area contributed by atoms with Crippen LogP contribution in [0, 0.1) is 0 Å². The quantitative estimate of drug-likeness (QED) is 0.619. The van der Waals surface area contributed by atoms with Crippen molar-refractivity contribution in [1.29, 1.82) is 0 Å². The zero-order chi connectivity index (χ0) is 19.9. The predicted octanol–water partition coefficient (Wildman–Crippen LogP) is 3.47. The SMILES string of the molecule is CCCCCc1cc(N2CCNCC2C(=O)Nc2cccc(Cl)c2)cc(N)n1. The molecule has 1 aromatic carbocycles. The van der Waals surface area contributed by atoms with E-state index in [9.17, 15) is 4.79 Å². The van der Waals surface area contributed by atoms with E-state index in [1.165, 1.54) is 12.8 Å². The van der Waals surface area contributed by atoms with Gasteiger partial charge in [0, 0.05) is 47.8 Å². The number of halogens is 1. The third-order valence-corrected chi connectivity index (χ3v) is 5.12. The molecule has 0 radical (unpaired) electrons. The van der Waals surface area contributed by atoms with Crippen molar-refractivity contribution in [2.75, 3.05) is 35.6 Å². The molecule has 0 aliphatic carbocycles. The second-order valence-corrected chi connectivity index (χ2v) is 7.55. The second kappa shape index (κ2) is 9.75. The first-order valence-electron chi connectivity index (χ1n) is 9.87. The molecule has 28 heavy (non-hydrogen) atoms. The van der Waals surface area contributed by atoms with Crippen LogP contribution in [0.5, 0.6) is 0 Å². The van der Waals surface area contributed by atoms with Gasteiger partial charge in [0.15, 0.2) is 0 Å². The number of benzene rings is 1. The zero-order valence-corrected chi connectivity index (χ0v) is 17.0. The highest BCUT2D eigenvalue weighted by Crippen LogP contribution is 2.24. The standard InChI is InChI=1S/C21H28ClN5O/c1-2-3-4-7-17-12-18(13-20(23)25-17)27-10-9-24-14-19(27)21(28)26-16-8-5-6-15(22)11-16/h5-6,8,11-13,19,24H,2-4,7,9-10,14H2,1H3,(H2,23,25)(H,26,28). The lowest BCUT2D eigenvalue weighted by Gasteiger charge is -2.37. The van der Waals surface area contributed by atoms with E-state index in [1.807, 2.05) is 18.2 Å². The molecule has 2 aromatic rings. The third kappa shape index (κ3) is 5.36. The van der Waals surface area contributed by atoms with Crippen molar-refractivity contribution in [1.82, 2.24) is 10.3 Å². The Labute approximate surface area is 171 Å². The average Bonchev–Trinajstić information content (AvgIpc) is 2.68. The summed E-state index contributed by atoms with van der Waals surface area (Å²) in [5.74, 6) is 0.425. The van der Waals surface area contributed by atoms with Gasteiger partial charge >= 0.3 is 0 Å². The number of nitrogens with two attached hydrogens (primary N) is 1. The van der Waals surface area contributed by atoms with Crippen molar-refractivity contribution < 1.29 is 4.79 Å². The van der Waals surface area contributed by atoms with E-state index >= 15 is 0 Å². The van der Waals surface area contributed by atoms with Crippen LogP contribution in [-0.4, -0.2) is 36.6 Å². The van der Waals surface area contributed by atoms with Crippen LogP contribution >= 0.6 is 11.6 Å². The Kier molecular flexibility index (Phi) is 7.12. The smallest absolute Gasteiger partial charge is 0.248 e. The first kappa shape index (κ1) is 20.4. The van der Waals surface area contributed by atoms with E-state index in [4.69, 9.17) is 17.3 Å². The van der Waals surface area contributed by atoms with E-state index in [-0.39, 0.29) is 11.9 Å². The van der Waals surface area contributed by atoms with E-state index in [0.29, 0.717) is 23.1 Å². The van der Waals surface area contributed by atoms with Crippen molar-refractivity contribution in [3.05, 3.63) is 47.1 Å². The topological polar surface area (TPSA) is 83.3 Å². The number of carbonyl (C=O) groups excluding carboxylic acids is 1. The zero-order valence-electron chi connectivity index (χ0n) is 16.2. The Hall–Kier alpha value is -2.31. The maximum absolute atomic E-state index is 13.0. The lowest BCUT2D eigenvalue weighted by molar-refractivity contribution is -0.117. The van der Waals surface area contributed by atoms with Crippen molar-refractivity contribution in [2.24, 2.45) is 0 Å². The lowest BCUT2D eigenvalue weighted by Crippen LogP contribution is -2.56. The van der Waals surface area contributed by atoms with Crippen molar-refractivity contribution in [3.8, 4) is 0 Å². The van der Waals surface area contributed by atoms with E-state index in [2.05, 4.69) is 33.5 Å². The van der Waals surface area contributed by atoms with Gasteiger partial charge in [-0.1, -0.05) is 37.4 Å². The average molecular weight is 402 g/mol. The van der Waals surface area contributed by atoms with Crippen LogP contribution in [0.15, 0.2) is 36.4 Å². The molecule has 1 atom stereocenters. The molecule has 1 aliphatic rings. The number of amides is 1. The summed E-state index contributed by atoms with van der Waals surface area (Å²) in [6, 6.07) is 10.8. The van der Waals surface area contributed by atoms with Gasteiger partial charge in [0.1, 0.15) is 11.9 Å². The van der Waals surface area contributed by atoms with Gasteiger partial charge in [-0.3, -0.25) is 4.79 Å². The summed E-state index contributed by atoms with van der Waals surface area (Å²) in [6.07, 6.45) is 4.33. The van der Waals surface area contributed by atoms with Crippen LogP contribution < -0.4 is 21.3 Å². The second-order valence-electron chi connectivity index (χ2n) is 7.11. The number of aryl methyl sites for hydroxylation is 1. The molecule has 7 heteroatoms. The molecular formula is C21H28ClN5O. The van der Waals surface area contributed by atoms with Crippen LogP contribution in [0.2, 0.25) is 5.02 Å². The molecule has 1 unspecified atom stereocenters. The molecule has 1 aromatic heterocycles. The molecule has 3 rings (SSSR count). The Morgan fingerprint density at radius 1 is 1.36 bits per heavy atom. The van der Waals surface area contributed by atoms with Crippen LogP contribution in [0.1, 0.15) is 31.9 Å². The van der Waals surface area contributed by atoms with Gasteiger partial charge in [-0.25, -0.2) is 4.98 Å². The van der Waals surface area contributed by atoms with Gasteiger partial charge in [0.05, 0.1) is 0 Å². The monoisotopic (exact) mass is 401 g/mol. The minimum absolute atomic E-state index is 0.0719. The highest BCUT2D eigenvalue weighted by Gasteiger charge is 2.29. The predicted molar refractivity (Wildman–Crippen MR) is 116 cm³/mol. The van der Waals surface area contributed by atoms with Gasteiger partial charge in [-0.05, 0) is 37.1 Å². The van der Waals surface area contributed by atoms with Crippen LogP contribution in [-0.2, 0) is 11.2 Å². The molecule has 0 bridgehead atoms. The highest BCUT2D eigenvalue weighted by molar-refractivity contribution is 6.30. The fourth-order valence-corrected chi connectivity index (χ4v) is 3.67. The largest absolute Gasteiger partial charge is 0.384 e. The van der Waals surface area contributed by atoms with Gasteiger partial charge in [-0.2, -0.15) is 0 Å². The fourth-order valence-electron chi connectivity index (χ4n) is 3.48. The number of pyridine rings is 1. The summed E-state index contributed by atoms with van der Waals surface area (Å²) in [4.78, 5) is 19.5. The number of unbranched alkanes of at least 4 members (excludes halogenated alkanes) is 2. The number of nitrogen functional groups attached to an aromatic ring is 1. The molecule has 6 nitrogen and oxygen atoms in total. The molecule has 1 aliphatic heterocycles. The number of nitrogens with one attached hydrogen (secondary N) is 2. The molecule has 1 fully saturated rings. The van der Waals surface area contributed by atoms with Gasteiger partial charge in [-0.15, -0.1) is 0 Å². The molecule has 150 valence electrons. The van der Waals surface area contributed by atoms with Gasteiger partial charge < -0.3 is 21.3 Å². The van der Waals surface area contributed by atoms with E-state index < -0.39 is 0 Å². The van der Waals surface area contributed by atoms with Gasteiger partial charge in [0.25, 0.3) is 0 Å². The normalized spacial score (nSPS) is 16.8. The van der Waals surface area contributed by atoms with Crippen molar-refractivity contribution >= 4 is 34.7 Å². The number of carbonyl (C=O) groups is 1. The number of piperazine rings is 1. The van der Waals surface area contributed by atoms with Crippen LogP contribution in [0.3, 0.4) is 0 Å². The summed E-state index contributed by atoms with van der Waals surface area (Å²) < 4.78 is 0. The van der Waals surface area contributed by atoms with Crippen LogP contribution in [0.4, 0.5) is 17.2 Å². The highest BCUT2D eigenvalue weighted by atomic mass is 35.5. The number of aromatic nitrogens is 1. The Balaban J connectivity index is 1.78. The number of nitrogens with zero attached hydrogens (tertiary/aromatic N) is 2. The number of hydrogen-bond donors (Lipinski definition) is 3. The van der Waals surface area contributed by atoms with E-state index in [0.717, 1.165) is 37.3 Å². The first-order valence-corrected chi connectivity index (χ1v) is 10.2. The lowest BCUT2D eigenvalue weighted by atomic mass is 10.1. The minimum atomic E-state index is -0.335. The summed E-state index contributed by atoms with van der Waals surface area (Å²) in [5, 5.41) is 6.87. The molecule has 4 N–H and O–H groups in total. The summed E-state index contributed by atoms with van der Waals surface area (Å²) in [7, 11) is 0. The Morgan fingerprint density at radius 2 is 2.21 bits per heavy atom. The number of rotatable bonds is 7. The summed E-state index contributed by atoms with van der Waals surface area (Å²) in [6.45, 7) is 4.29. The van der Waals surface area contributed by atoms with Gasteiger partial charge in [0.2, 0.25) is 5.91 Å². The van der Waals surface area contributed by atoms with Crippen LogP contribution in [0.25, 0.3) is 0 Å². The van der Waals surface area contributed by atoms with Crippen molar-refractivity contribution in [3.63, 3.8) is 0 Å². The fraction of sp³-hybridized carbons (Fsp3) is 0.429.